The van der Waals surface area contributed by atoms with Crippen LogP contribution in [-0.2, 0) is 41.1 Å². The van der Waals surface area contributed by atoms with Crippen molar-refractivity contribution in [2.24, 2.45) is 7.05 Å². The van der Waals surface area contributed by atoms with Gasteiger partial charge in [0.15, 0.2) is 0 Å². The van der Waals surface area contributed by atoms with Crippen LogP contribution in [0.1, 0.15) is 74.9 Å². The molecule has 67 heavy (non-hydrogen) atoms. The summed E-state index contributed by atoms with van der Waals surface area (Å²) in [6.07, 6.45) is 3.37. The first kappa shape index (κ1) is 60.4. The fraction of sp³-hybridized carbons (Fsp3) is 0.412. The number of hydrogen-bond acceptors (Lipinski definition) is 15. The fourth-order valence-corrected chi connectivity index (χ4v) is 5.63. The number of rotatable bonds is 15. The van der Waals surface area contributed by atoms with Crippen molar-refractivity contribution < 1.29 is 51.9 Å². The first-order valence-electron chi connectivity index (χ1n) is 21.9. The lowest BCUT2D eigenvalue weighted by molar-refractivity contribution is -0.688. The van der Waals surface area contributed by atoms with E-state index in [1.54, 1.807) is 89.9 Å². The quantitative estimate of drug-likeness (QED) is 0.0894. The van der Waals surface area contributed by atoms with Crippen LogP contribution < -0.4 is 37.7 Å². The molecule has 0 saturated heterocycles. The van der Waals surface area contributed by atoms with Crippen molar-refractivity contribution in [3.05, 3.63) is 125 Å². The van der Waals surface area contributed by atoms with Crippen molar-refractivity contribution in [2.45, 2.75) is 82.1 Å². The molecule has 0 radical (unpaired) electrons. The SMILES string of the molecule is CC.CC.CC.COCc1c(C)c(COC)c(C)c(COC)c1C.COc1cccc(OC)n1.COc1nc(OC)[n+](C)c(OC)n1.c1ccc(Oc2cccc(Oc3ccccn3)c2)nc1. The van der Waals surface area contributed by atoms with Gasteiger partial charge in [-0.3, -0.25) is 0 Å². The highest BCUT2D eigenvalue weighted by atomic mass is 16.5. The van der Waals surface area contributed by atoms with Gasteiger partial charge in [0.05, 0.1) is 62.4 Å². The van der Waals surface area contributed by atoms with Crippen LogP contribution in [0.5, 0.6) is 53.1 Å². The first-order chi connectivity index (χ1) is 32.6. The molecule has 4 aromatic heterocycles. The predicted molar refractivity (Wildman–Crippen MR) is 262 cm³/mol. The molecule has 0 bridgehead atoms. The molecule has 16 nitrogen and oxygen atoms in total. The topological polar surface area (TPSA) is 161 Å². The minimum absolute atomic E-state index is 0.215. The van der Waals surface area contributed by atoms with Crippen LogP contribution in [0.15, 0.2) is 91.3 Å². The van der Waals surface area contributed by atoms with Gasteiger partial charge < -0.3 is 47.4 Å². The molecule has 0 N–H and O–H groups in total. The summed E-state index contributed by atoms with van der Waals surface area (Å²) in [5, 5.41) is 0. The number of benzene rings is 2. The molecule has 16 heteroatoms. The van der Waals surface area contributed by atoms with E-state index in [9.17, 15) is 0 Å². The minimum atomic E-state index is 0.215. The summed E-state index contributed by atoms with van der Waals surface area (Å²) < 4.78 is 53.4. The largest absolute Gasteiger partial charge is 0.481 e. The Labute approximate surface area is 399 Å². The number of aromatic nitrogens is 6. The second-order valence-corrected chi connectivity index (χ2v) is 12.6. The highest BCUT2D eigenvalue weighted by Gasteiger charge is 2.21. The molecule has 0 aliphatic carbocycles. The second-order valence-electron chi connectivity index (χ2n) is 12.6. The molecule has 0 aliphatic heterocycles. The third kappa shape index (κ3) is 21.0. The molecular weight excluding hydrogens is 857 g/mol. The summed E-state index contributed by atoms with van der Waals surface area (Å²) in [5.74, 6) is 3.55. The third-order valence-corrected chi connectivity index (χ3v) is 8.73. The van der Waals surface area contributed by atoms with Gasteiger partial charge in [0, 0.05) is 74.0 Å². The van der Waals surface area contributed by atoms with E-state index >= 15 is 0 Å². The van der Waals surface area contributed by atoms with E-state index in [1.807, 2.05) is 90.1 Å². The summed E-state index contributed by atoms with van der Waals surface area (Å²) in [6, 6.07) is 24.7. The Kier molecular flexibility index (Phi) is 33.0. The van der Waals surface area contributed by atoms with Crippen molar-refractivity contribution in [3.8, 4) is 53.1 Å². The average Bonchev–Trinajstić information content (AvgIpc) is 3.38. The smallest absolute Gasteiger partial charge is 0.478 e. The molecule has 0 atom stereocenters. The summed E-state index contributed by atoms with van der Waals surface area (Å²) in [7, 11) is 14.6. The Morgan fingerprint density at radius 2 is 0.776 bits per heavy atom. The number of methoxy groups -OCH3 is 8. The Balaban J connectivity index is 0.000000857. The molecule has 0 amide bonds. The van der Waals surface area contributed by atoms with Crippen LogP contribution in [-0.4, -0.2) is 81.8 Å². The Bertz CT molecular complexity index is 2020. The number of hydrogen-bond donors (Lipinski definition) is 0. The molecule has 4 heterocycles. The summed E-state index contributed by atoms with van der Waals surface area (Å²) in [6.45, 7) is 20.3. The zero-order chi connectivity index (χ0) is 50.6. The van der Waals surface area contributed by atoms with Gasteiger partial charge in [-0.2, -0.15) is 9.55 Å². The van der Waals surface area contributed by atoms with Crippen molar-refractivity contribution in [2.75, 3.05) is 56.9 Å². The lowest BCUT2D eigenvalue weighted by Crippen LogP contribution is -2.34. The fourth-order valence-electron chi connectivity index (χ4n) is 5.63. The van der Waals surface area contributed by atoms with E-state index in [0.29, 0.717) is 66.9 Å². The van der Waals surface area contributed by atoms with Gasteiger partial charge in [-0.1, -0.05) is 65.8 Å². The van der Waals surface area contributed by atoms with E-state index in [2.05, 4.69) is 45.7 Å². The molecule has 0 unspecified atom stereocenters. The van der Waals surface area contributed by atoms with Crippen LogP contribution in [0.3, 0.4) is 0 Å². The summed E-state index contributed by atoms with van der Waals surface area (Å²) in [5.41, 5.74) is 7.57. The van der Waals surface area contributed by atoms with Gasteiger partial charge in [-0.05, 0) is 78.4 Å². The molecule has 0 fully saturated rings. The van der Waals surface area contributed by atoms with Crippen molar-refractivity contribution in [1.82, 2.24) is 24.9 Å². The predicted octanol–water partition coefficient (Wildman–Crippen LogP) is 10.6. The van der Waals surface area contributed by atoms with Crippen LogP contribution >= 0.6 is 0 Å². The van der Waals surface area contributed by atoms with Gasteiger partial charge in [0.25, 0.3) is 0 Å². The maximum absolute atomic E-state index is 5.65. The minimum Gasteiger partial charge on any atom is -0.481 e. The first-order valence-corrected chi connectivity index (χ1v) is 21.9. The second kappa shape index (κ2) is 36.6. The third-order valence-electron chi connectivity index (χ3n) is 8.73. The highest BCUT2D eigenvalue weighted by Crippen LogP contribution is 2.29. The molecule has 0 aliphatic rings. The number of pyridine rings is 3. The monoisotopic (exact) mass is 932 g/mol. The molecular formula is C51H75N6O10+. The molecule has 6 rings (SSSR count). The Morgan fingerprint density at radius 3 is 1.07 bits per heavy atom. The molecule has 368 valence electrons. The number of ether oxygens (including phenoxy) is 10. The maximum Gasteiger partial charge on any atom is 0.478 e. The standard InChI is InChI=1S/C16H12N2O2.C15H24O3.C7H12N3O3.C7H9NO2.3C2H6/c1-3-10-17-15(8-1)19-13-6-5-7-14(12-13)20-16-9-2-4-11-18-16;1-10-13(7-16-4)11(2)15(9-18-6)12(3)14(10)8-17-5;1-10-6(12-3)8-5(11-2)9-7(10)13-4;1-9-6-4-3-5-7(8-6)10-2;3*1-2/h1-12H;7-9H2,1-6H3;1-4H3;3-5H,1-2H3;3*1-2H3/q;;+1;;;;. The van der Waals surface area contributed by atoms with E-state index < -0.39 is 0 Å². The van der Waals surface area contributed by atoms with Crippen LogP contribution in [0, 0.1) is 20.8 Å². The summed E-state index contributed by atoms with van der Waals surface area (Å²) in [4.78, 5) is 20.1. The zero-order valence-corrected chi connectivity index (χ0v) is 43.0. The summed E-state index contributed by atoms with van der Waals surface area (Å²) >= 11 is 0. The van der Waals surface area contributed by atoms with Crippen LogP contribution in [0.4, 0.5) is 0 Å². The van der Waals surface area contributed by atoms with Gasteiger partial charge >= 0.3 is 18.0 Å². The molecule has 2 aromatic carbocycles. The lowest BCUT2D eigenvalue weighted by Gasteiger charge is -2.21. The van der Waals surface area contributed by atoms with Crippen molar-refractivity contribution >= 4 is 0 Å². The van der Waals surface area contributed by atoms with Crippen LogP contribution in [0.2, 0.25) is 0 Å². The lowest BCUT2D eigenvalue weighted by atomic mass is 9.89. The van der Waals surface area contributed by atoms with Gasteiger partial charge in [0.2, 0.25) is 23.5 Å². The van der Waals surface area contributed by atoms with Crippen LogP contribution in [0.25, 0.3) is 0 Å². The Hall–Kier alpha value is -6.62. The highest BCUT2D eigenvalue weighted by molar-refractivity contribution is 5.50. The van der Waals surface area contributed by atoms with Crippen molar-refractivity contribution in [3.63, 3.8) is 0 Å². The van der Waals surface area contributed by atoms with E-state index in [1.165, 1.54) is 54.7 Å². The number of nitrogens with zero attached hydrogens (tertiary/aromatic N) is 6. The molecule has 6 aromatic rings. The van der Waals surface area contributed by atoms with E-state index in [4.69, 9.17) is 47.4 Å². The van der Waals surface area contributed by atoms with Gasteiger partial charge in [0.1, 0.15) is 11.5 Å². The van der Waals surface area contributed by atoms with Crippen molar-refractivity contribution in [1.29, 1.82) is 0 Å². The van der Waals surface area contributed by atoms with E-state index in [0.717, 1.165) is 0 Å². The normalized spacial score (nSPS) is 9.40. The van der Waals surface area contributed by atoms with Gasteiger partial charge in [-0.15, -0.1) is 0 Å². The van der Waals surface area contributed by atoms with Gasteiger partial charge in [-0.25, -0.2) is 9.97 Å². The molecule has 0 saturated carbocycles. The average molecular weight is 932 g/mol. The molecule has 0 spiro atoms. The zero-order valence-electron chi connectivity index (χ0n) is 43.0. The van der Waals surface area contributed by atoms with E-state index in [-0.39, 0.29) is 6.01 Å². The Morgan fingerprint density at radius 1 is 0.418 bits per heavy atom. The maximum atomic E-state index is 5.65.